The van der Waals surface area contributed by atoms with Gasteiger partial charge in [-0.1, -0.05) is 18.2 Å². The zero-order valence-corrected chi connectivity index (χ0v) is 14.1. The van der Waals surface area contributed by atoms with Crippen molar-refractivity contribution < 1.29 is 14.7 Å². The van der Waals surface area contributed by atoms with Crippen molar-refractivity contribution in [2.24, 2.45) is 10.8 Å². The van der Waals surface area contributed by atoms with Crippen molar-refractivity contribution in [3.63, 3.8) is 0 Å². The Morgan fingerprint density at radius 1 is 1.33 bits per heavy atom. The third-order valence-corrected chi connectivity index (χ3v) is 4.37. The number of hydrogen-bond donors (Lipinski definition) is 5. The van der Waals surface area contributed by atoms with Gasteiger partial charge in [-0.2, -0.15) is 5.10 Å². The van der Waals surface area contributed by atoms with Crippen molar-refractivity contribution in [3.8, 4) is 0 Å². The molecule has 4 rings (SSSR count). The number of imidazole rings is 1. The number of para-hydroxylation sites is 1. The second-order valence-corrected chi connectivity index (χ2v) is 6.11. The quantitative estimate of drug-likeness (QED) is 0.424. The summed E-state index contributed by atoms with van der Waals surface area (Å²) < 4.78 is 0. The number of H-pyrrole nitrogens is 2. The van der Waals surface area contributed by atoms with E-state index < -0.39 is 12.0 Å². The Morgan fingerprint density at radius 3 is 2.89 bits per heavy atom. The van der Waals surface area contributed by atoms with Crippen LogP contribution in [0.4, 0.5) is 0 Å². The first kappa shape index (κ1) is 16.7. The molecule has 1 amide bonds. The molecule has 0 saturated carbocycles. The minimum absolute atomic E-state index is 0.118. The van der Waals surface area contributed by atoms with Gasteiger partial charge in [0.25, 0.3) is 5.91 Å². The summed E-state index contributed by atoms with van der Waals surface area (Å²) in [6, 6.07) is 6.43. The number of carbonyl (C=O) groups excluding carboxylic acids is 1. The van der Waals surface area contributed by atoms with E-state index >= 15 is 0 Å². The van der Waals surface area contributed by atoms with Crippen LogP contribution in [0.1, 0.15) is 17.1 Å². The number of carboxylic acid groups (broad SMARTS) is 1. The smallest absolute Gasteiger partial charge is 0.320 e. The molecule has 27 heavy (non-hydrogen) atoms. The average molecular weight is 364 g/mol. The summed E-state index contributed by atoms with van der Waals surface area (Å²) in [6.45, 7) is 0. The summed E-state index contributed by atoms with van der Waals surface area (Å²) in [7, 11) is 0. The summed E-state index contributed by atoms with van der Waals surface area (Å²) in [5.41, 5.74) is 11.1. The van der Waals surface area contributed by atoms with Crippen molar-refractivity contribution in [2.45, 2.75) is 12.5 Å². The molecule has 9 nitrogen and oxygen atoms in total. The van der Waals surface area contributed by atoms with Gasteiger partial charge in [0.1, 0.15) is 11.8 Å². The monoisotopic (exact) mass is 364 g/mol. The minimum Gasteiger partial charge on any atom is -0.480 e. The van der Waals surface area contributed by atoms with Gasteiger partial charge in [-0.15, -0.1) is 0 Å². The molecule has 0 spiro atoms. The lowest BCUT2D eigenvalue weighted by molar-refractivity contribution is -0.138. The van der Waals surface area contributed by atoms with Gasteiger partial charge in [-0.05, 0) is 17.7 Å². The van der Waals surface area contributed by atoms with Crippen LogP contribution >= 0.6 is 0 Å². The van der Waals surface area contributed by atoms with Crippen molar-refractivity contribution in [2.75, 3.05) is 0 Å². The van der Waals surface area contributed by atoms with E-state index in [1.54, 1.807) is 18.5 Å². The van der Waals surface area contributed by atoms with E-state index in [1.165, 1.54) is 0 Å². The lowest BCUT2D eigenvalue weighted by atomic mass is 10.0. The van der Waals surface area contributed by atoms with Crippen LogP contribution < -0.4 is 11.2 Å². The molecule has 1 aromatic carbocycles. The predicted octanol–water partition coefficient (Wildman–Crippen LogP) is 0.763. The largest absolute Gasteiger partial charge is 0.480 e. The molecule has 2 aromatic heterocycles. The first-order valence-electron chi connectivity index (χ1n) is 8.22. The van der Waals surface area contributed by atoms with Crippen molar-refractivity contribution >= 4 is 34.6 Å². The highest BCUT2D eigenvalue weighted by molar-refractivity contribution is 6.32. The highest BCUT2D eigenvalue weighted by Gasteiger charge is 2.27. The van der Waals surface area contributed by atoms with E-state index in [9.17, 15) is 14.7 Å². The lowest BCUT2D eigenvalue weighted by Gasteiger charge is -2.07. The lowest BCUT2D eigenvalue weighted by Crippen LogP contribution is -2.32. The second-order valence-electron chi connectivity index (χ2n) is 6.11. The molecule has 6 N–H and O–H groups in total. The zero-order valence-electron chi connectivity index (χ0n) is 14.1. The van der Waals surface area contributed by atoms with Gasteiger partial charge in [0, 0.05) is 35.4 Å². The van der Waals surface area contributed by atoms with Crippen LogP contribution in [0, 0.1) is 0 Å². The first-order chi connectivity index (χ1) is 13.0. The van der Waals surface area contributed by atoms with Gasteiger partial charge in [-0.3, -0.25) is 9.59 Å². The number of nitrogens with two attached hydrogens (primary N) is 1. The molecule has 0 bridgehead atoms. The van der Waals surface area contributed by atoms with Crippen LogP contribution in [-0.2, 0) is 16.0 Å². The molecule has 1 aliphatic rings. The Morgan fingerprint density at radius 2 is 2.15 bits per heavy atom. The van der Waals surface area contributed by atoms with Crippen molar-refractivity contribution in [1.29, 1.82) is 0 Å². The second kappa shape index (κ2) is 6.54. The number of aromatic nitrogens is 3. The normalized spacial score (nSPS) is 16.6. The Bertz CT molecular complexity index is 1090. The maximum absolute atomic E-state index is 12.3. The first-order valence-corrected chi connectivity index (χ1v) is 8.22. The number of aliphatic carboxylic acids is 1. The average Bonchev–Trinajstić information content (AvgIpc) is 3.36. The molecule has 0 aliphatic carbocycles. The fraction of sp³-hybridized carbons (Fsp3) is 0.111. The zero-order chi connectivity index (χ0) is 19.0. The van der Waals surface area contributed by atoms with Gasteiger partial charge in [0.2, 0.25) is 0 Å². The fourth-order valence-corrected chi connectivity index (χ4v) is 3.06. The fourth-order valence-electron chi connectivity index (χ4n) is 3.06. The van der Waals surface area contributed by atoms with Crippen LogP contribution in [0.25, 0.3) is 17.0 Å². The van der Waals surface area contributed by atoms with Crippen molar-refractivity contribution in [1.82, 2.24) is 20.4 Å². The number of carboxylic acids is 1. The number of rotatable bonds is 5. The number of benzene rings is 1. The van der Waals surface area contributed by atoms with Crippen LogP contribution in [0.15, 0.2) is 47.3 Å². The van der Waals surface area contributed by atoms with E-state index in [1.807, 2.05) is 24.3 Å². The Balaban J connectivity index is 1.83. The number of hydrazone groups is 1. The highest BCUT2D eigenvalue weighted by atomic mass is 16.4. The summed E-state index contributed by atoms with van der Waals surface area (Å²) in [5, 5.41) is 14.1. The van der Waals surface area contributed by atoms with Crippen LogP contribution in [0.5, 0.6) is 0 Å². The number of aromatic amines is 2. The summed E-state index contributed by atoms with van der Waals surface area (Å²) in [5.74, 6) is -0.997. The Kier molecular flexibility index (Phi) is 4.05. The molecule has 0 fully saturated rings. The van der Waals surface area contributed by atoms with Gasteiger partial charge in [0.15, 0.2) is 5.82 Å². The van der Waals surface area contributed by atoms with Gasteiger partial charge in [0.05, 0.1) is 5.57 Å². The number of carbonyl (C=O) groups is 2. The van der Waals surface area contributed by atoms with Crippen LogP contribution in [0.3, 0.4) is 0 Å². The SMILES string of the molecule is NC(Cc1c(/C=C2\C(=O)NN=C2c2ncc[nH]2)[nH]c2ccccc12)C(=O)O. The Hall–Kier alpha value is -3.72. The summed E-state index contributed by atoms with van der Waals surface area (Å²) in [4.78, 5) is 33.8. The molecular formula is C18H16N6O3. The molecule has 3 heterocycles. The van der Waals surface area contributed by atoms with Crippen molar-refractivity contribution in [3.05, 3.63) is 59.3 Å². The Labute approximate surface area is 153 Å². The van der Waals surface area contributed by atoms with Gasteiger partial charge < -0.3 is 20.8 Å². The summed E-state index contributed by atoms with van der Waals surface area (Å²) >= 11 is 0. The third kappa shape index (κ3) is 3.00. The third-order valence-electron chi connectivity index (χ3n) is 4.37. The molecule has 1 unspecified atom stereocenters. The number of nitrogens with zero attached hydrogens (tertiary/aromatic N) is 2. The number of nitrogens with one attached hydrogen (secondary N) is 3. The molecule has 0 radical (unpaired) electrons. The number of hydrogen-bond acceptors (Lipinski definition) is 5. The standard InChI is InChI=1S/C18H16N6O3/c19-12(18(26)27)7-10-9-3-1-2-4-13(9)22-14(10)8-11-15(23-24-17(11)25)16-20-5-6-21-16/h1-6,8,12,22H,7,19H2,(H,20,21)(H,24,25)(H,26,27)/b11-8-. The topological polar surface area (TPSA) is 149 Å². The van der Waals surface area contributed by atoms with E-state index in [-0.39, 0.29) is 12.3 Å². The maximum atomic E-state index is 12.3. The van der Waals surface area contributed by atoms with Gasteiger partial charge in [-0.25, -0.2) is 10.4 Å². The van der Waals surface area contributed by atoms with E-state index in [4.69, 9.17) is 5.73 Å². The molecule has 1 aliphatic heterocycles. The maximum Gasteiger partial charge on any atom is 0.320 e. The number of amides is 1. The minimum atomic E-state index is -1.09. The van der Waals surface area contributed by atoms with E-state index in [0.29, 0.717) is 22.8 Å². The molecule has 136 valence electrons. The van der Waals surface area contributed by atoms with Crippen LogP contribution in [-0.4, -0.2) is 43.7 Å². The highest BCUT2D eigenvalue weighted by Crippen LogP contribution is 2.26. The van der Waals surface area contributed by atoms with Crippen LogP contribution in [0.2, 0.25) is 0 Å². The molecule has 0 saturated heterocycles. The van der Waals surface area contributed by atoms with E-state index in [2.05, 4.69) is 25.5 Å². The molecule has 1 atom stereocenters. The molecule has 9 heteroatoms. The van der Waals surface area contributed by atoms with Gasteiger partial charge >= 0.3 is 5.97 Å². The molecular weight excluding hydrogens is 348 g/mol. The summed E-state index contributed by atoms with van der Waals surface area (Å²) in [6.07, 6.45) is 4.97. The van der Waals surface area contributed by atoms with E-state index in [0.717, 1.165) is 16.5 Å². The molecule has 3 aromatic rings. The predicted molar refractivity (Wildman–Crippen MR) is 98.9 cm³/mol. The number of fused-ring (bicyclic) bond motifs is 1.